The fraction of sp³-hybridized carbons (Fsp3) is 0.467. The number of fused-ring (bicyclic) bond motifs is 1. The second-order valence-corrected chi connectivity index (χ2v) is 10.2. The monoisotopic (exact) mass is 464 g/mol. The number of halogens is 1. The molecule has 0 aliphatic carbocycles. The van der Waals surface area contributed by atoms with Crippen molar-refractivity contribution in [1.29, 1.82) is 0 Å². The molecule has 5 nitrogen and oxygen atoms in total. The second-order valence-electron chi connectivity index (χ2n) is 5.66. The topological polar surface area (TPSA) is 66.8 Å². The number of thioether (sulfide) groups is 1. The van der Waals surface area contributed by atoms with Gasteiger partial charge in [0.1, 0.15) is 0 Å². The molecule has 1 aromatic rings. The van der Waals surface area contributed by atoms with Gasteiger partial charge in [-0.1, -0.05) is 30.8 Å². The highest BCUT2D eigenvalue weighted by atomic mass is 127. The van der Waals surface area contributed by atoms with E-state index < -0.39 is 9.84 Å². The molecular formula is C15H17IN2O3S2. The first-order valence-electron chi connectivity index (χ1n) is 7.43. The molecule has 2 heterocycles. The fourth-order valence-corrected chi connectivity index (χ4v) is 7.44. The SMILES string of the molecule is CCCC(=O)N=C1S[C@@H]2CS(=O)(=O)C[C@H]2N1c1ccccc1I. The molecule has 2 aliphatic heterocycles. The summed E-state index contributed by atoms with van der Waals surface area (Å²) < 4.78 is 25.0. The Morgan fingerprint density at radius 1 is 1.39 bits per heavy atom. The van der Waals surface area contributed by atoms with Gasteiger partial charge in [0.15, 0.2) is 15.0 Å². The largest absolute Gasteiger partial charge is 0.315 e. The Bertz CT molecular complexity index is 764. The van der Waals surface area contributed by atoms with Crippen molar-refractivity contribution in [2.75, 3.05) is 16.4 Å². The lowest BCUT2D eigenvalue weighted by molar-refractivity contribution is -0.117. The molecule has 2 aliphatic rings. The van der Waals surface area contributed by atoms with Crippen LogP contribution in [0.25, 0.3) is 0 Å². The number of rotatable bonds is 3. The zero-order valence-electron chi connectivity index (χ0n) is 12.6. The predicted molar refractivity (Wildman–Crippen MR) is 103 cm³/mol. The Morgan fingerprint density at radius 3 is 2.83 bits per heavy atom. The molecular weight excluding hydrogens is 447 g/mol. The number of nitrogens with zero attached hydrogens (tertiary/aromatic N) is 2. The highest BCUT2D eigenvalue weighted by molar-refractivity contribution is 14.1. The molecule has 23 heavy (non-hydrogen) atoms. The van der Waals surface area contributed by atoms with Crippen LogP contribution in [0.3, 0.4) is 0 Å². The molecule has 3 rings (SSSR count). The summed E-state index contributed by atoms with van der Waals surface area (Å²) in [5.41, 5.74) is 0.924. The van der Waals surface area contributed by atoms with E-state index in [1.165, 1.54) is 11.8 Å². The third-order valence-electron chi connectivity index (χ3n) is 3.86. The van der Waals surface area contributed by atoms with E-state index in [9.17, 15) is 13.2 Å². The molecule has 2 saturated heterocycles. The van der Waals surface area contributed by atoms with Crippen LogP contribution < -0.4 is 4.90 Å². The number of aliphatic imine (C=N–C) groups is 1. The summed E-state index contributed by atoms with van der Waals surface area (Å²) in [6.45, 7) is 1.94. The normalized spacial score (nSPS) is 27.4. The summed E-state index contributed by atoms with van der Waals surface area (Å²) in [5.74, 6) is 0.133. The van der Waals surface area contributed by atoms with Crippen molar-refractivity contribution < 1.29 is 13.2 Å². The average molecular weight is 464 g/mol. The molecule has 1 aromatic carbocycles. The van der Waals surface area contributed by atoms with Crippen molar-refractivity contribution in [3.63, 3.8) is 0 Å². The molecule has 2 fully saturated rings. The maximum absolute atomic E-state index is 12.0. The van der Waals surface area contributed by atoms with Crippen molar-refractivity contribution >= 4 is 61.0 Å². The Morgan fingerprint density at radius 2 is 2.13 bits per heavy atom. The number of para-hydroxylation sites is 1. The maximum atomic E-state index is 12.0. The van der Waals surface area contributed by atoms with Crippen LogP contribution in [-0.2, 0) is 14.6 Å². The first-order chi connectivity index (χ1) is 10.9. The summed E-state index contributed by atoms with van der Waals surface area (Å²) in [5, 5.41) is 0.585. The molecule has 0 N–H and O–H groups in total. The lowest BCUT2D eigenvalue weighted by Crippen LogP contribution is -2.38. The zero-order valence-corrected chi connectivity index (χ0v) is 16.4. The second kappa shape index (κ2) is 6.72. The molecule has 8 heteroatoms. The van der Waals surface area contributed by atoms with E-state index in [0.717, 1.165) is 15.7 Å². The lowest BCUT2D eigenvalue weighted by atomic mass is 10.2. The van der Waals surface area contributed by atoms with E-state index in [1.807, 2.05) is 36.1 Å². The molecule has 0 bridgehead atoms. The van der Waals surface area contributed by atoms with Crippen LogP contribution in [0.1, 0.15) is 19.8 Å². The number of amides is 1. The van der Waals surface area contributed by atoms with E-state index in [-0.39, 0.29) is 28.7 Å². The predicted octanol–water partition coefficient (Wildman–Crippen LogP) is 2.69. The van der Waals surface area contributed by atoms with Crippen LogP contribution in [-0.4, -0.2) is 42.3 Å². The molecule has 0 radical (unpaired) electrons. The van der Waals surface area contributed by atoms with Crippen LogP contribution in [0.2, 0.25) is 0 Å². The standard InChI is InChI=1S/C15H17IN2O3S2/c1-2-5-14(19)17-15-18(11-7-4-3-6-10(11)16)12-8-23(20,21)9-13(12)22-15/h3-4,6-7,12-13H,2,5,8-9H2,1H3/t12-,13-/m1/s1. The number of sulfone groups is 1. The molecule has 124 valence electrons. The summed E-state index contributed by atoms with van der Waals surface area (Å²) in [7, 11) is -3.03. The van der Waals surface area contributed by atoms with Crippen molar-refractivity contribution in [2.24, 2.45) is 4.99 Å². The number of hydrogen-bond donors (Lipinski definition) is 0. The Labute approximate surface area is 154 Å². The summed E-state index contributed by atoms with van der Waals surface area (Å²) >= 11 is 3.65. The lowest BCUT2D eigenvalue weighted by Gasteiger charge is -2.25. The van der Waals surface area contributed by atoms with E-state index in [4.69, 9.17) is 0 Å². The quantitative estimate of drug-likeness (QED) is 0.644. The van der Waals surface area contributed by atoms with Gasteiger partial charge in [0.25, 0.3) is 0 Å². The van der Waals surface area contributed by atoms with Crippen molar-refractivity contribution in [2.45, 2.75) is 31.1 Å². The van der Waals surface area contributed by atoms with Gasteiger partial charge in [-0.15, -0.1) is 0 Å². The number of carbonyl (C=O) groups is 1. The van der Waals surface area contributed by atoms with Crippen LogP contribution in [0.15, 0.2) is 29.3 Å². The van der Waals surface area contributed by atoms with Crippen LogP contribution >= 0.6 is 34.4 Å². The summed E-state index contributed by atoms with van der Waals surface area (Å²) in [6.07, 6.45) is 1.17. The summed E-state index contributed by atoms with van der Waals surface area (Å²) in [6, 6.07) is 7.65. The molecule has 0 saturated carbocycles. The van der Waals surface area contributed by atoms with Gasteiger partial charge in [-0.25, -0.2) is 8.42 Å². The van der Waals surface area contributed by atoms with Crippen LogP contribution in [0.5, 0.6) is 0 Å². The van der Waals surface area contributed by atoms with Crippen molar-refractivity contribution in [3.05, 3.63) is 27.8 Å². The number of carbonyl (C=O) groups excluding carboxylic acids is 1. The Balaban J connectivity index is 2.01. The minimum Gasteiger partial charge on any atom is -0.315 e. The Hall–Kier alpha value is -0.610. The molecule has 0 spiro atoms. The first-order valence-corrected chi connectivity index (χ1v) is 11.2. The number of amidine groups is 1. The van der Waals surface area contributed by atoms with Crippen molar-refractivity contribution in [1.82, 2.24) is 0 Å². The number of benzene rings is 1. The van der Waals surface area contributed by atoms with E-state index in [2.05, 4.69) is 27.6 Å². The van der Waals surface area contributed by atoms with Gasteiger partial charge in [0.05, 0.1) is 23.2 Å². The fourth-order valence-electron chi connectivity index (χ4n) is 2.87. The Kier molecular flexibility index (Phi) is 5.03. The highest BCUT2D eigenvalue weighted by Gasteiger charge is 2.49. The van der Waals surface area contributed by atoms with E-state index in [0.29, 0.717) is 11.6 Å². The zero-order chi connectivity index (χ0) is 16.6. The minimum absolute atomic E-state index is 0.0517. The van der Waals surface area contributed by atoms with Gasteiger partial charge in [0.2, 0.25) is 5.91 Å². The van der Waals surface area contributed by atoms with Crippen molar-refractivity contribution in [3.8, 4) is 0 Å². The molecule has 1 amide bonds. The molecule has 2 atom stereocenters. The summed E-state index contributed by atoms with van der Waals surface area (Å²) in [4.78, 5) is 18.2. The van der Waals surface area contributed by atoms with Gasteiger partial charge in [-0.05, 0) is 41.1 Å². The van der Waals surface area contributed by atoms with Gasteiger partial charge in [-0.3, -0.25) is 4.79 Å². The average Bonchev–Trinajstić information content (AvgIpc) is 2.91. The number of anilines is 1. The smallest absolute Gasteiger partial charge is 0.248 e. The minimum atomic E-state index is -3.03. The third kappa shape index (κ3) is 3.58. The maximum Gasteiger partial charge on any atom is 0.248 e. The van der Waals surface area contributed by atoms with Crippen LogP contribution in [0.4, 0.5) is 5.69 Å². The van der Waals surface area contributed by atoms with E-state index in [1.54, 1.807) is 0 Å². The van der Waals surface area contributed by atoms with Gasteiger partial charge in [0, 0.05) is 15.2 Å². The van der Waals surface area contributed by atoms with Gasteiger partial charge >= 0.3 is 0 Å². The third-order valence-corrected chi connectivity index (χ3v) is 7.98. The van der Waals surface area contributed by atoms with Gasteiger partial charge in [-0.2, -0.15) is 4.99 Å². The van der Waals surface area contributed by atoms with Gasteiger partial charge < -0.3 is 4.90 Å². The number of hydrogen-bond acceptors (Lipinski definition) is 4. The van der Waals surface area contributed by atoms with E-state index >= 15 is 0 Å². The highest BCUT2D eigenvalue weighted by Crippen LogP contribution is 2.42. The molecule has 0 aromatic heterocycles. The molecule has 0 unspecified atom stereocenters. The first kappa shape index (κ1) is 17.2. The van der Waals surface area contributed by atoms with Crippen LogP contribution in [0, 0.1) is 3.57 Å².